The van der Waals surface area contributed by atoms with E-state index in [4.69, 9.17) is 4.74 Å². The second-order valence-electron chi connectivity index (χ2n) is 5.89. The molecule has 0 fully saturated rings. The van der Waals surface area contributed by atoms with Crippen LogP contribution in [-0.2, 0) is 10.0 Å². The molecule has 0 spiro atoms. The van der Waals surface area contributed by atoms with E-state index in [9.17, 15) is 17.6 Å². The van der Waals surface area contributed by atoms with Gasteiger partial charge in [0.2, 0.25) is 10.0 Å². The first-order valence-electron chi connectivity index (χ1n) is 8.50. The first-order valence-corrected chi connectivity index (χ1v) is 9.94. The normalized spacial score (nSPS) is 11.5. The number of rotatable bonds is 7. The molecule has 0 bridgehead atoms. The first-order chi connectivity index (χ1) is 12.7. The van der Waals surface area contributed by atoms with Crippen molar-refractivity contribution in [3.63, 3.8) is 0 Å². The third-order valence-electron chi connectivity index (χ3n) is 4.13. The Kier molecular flexibility index (Phi) is 6.56. The second kappa shape index (κ2) is 8.49. The van der Waals surface area contributed by atoms with Gasteiger partial charge >= 0.3 is 0 Å². The lowest BCUT2D eigenvalue weighted by molar-refractivity contribution is 0.102. The van der Waals surface area contributed by atoms with Gasteiger partial charge in [-0.05, 0) is 42.8 Å². The zero-order chi connectivity index (χ0) is 20.2. The Balaban J connectivity index is 2.42. The number of nitrogens with one attached hydrogen (secondary N) is 1. The number of amides is 1. The summed E-state index contributed by atoms with van der Waals surface area (Å²) in [6.07, 6.45) is 0. The predicted molar refractivity (Wildman–Crippen MR) is 102 cm³/mol. The van der Waals surface area contributed by atoms with Gasteiger partial charge in [-0.3, -0.25) is 4.79 Å². The molecular weight excluding hydrogens is 371 g/mol. The smallest absolute Gasteiger partial charge is 0.258 e. The fraction of sp³-hybridized carbons (Fsp3) is 0.316. The second-order valence-corrected chi connectivity index (χ2v) is 7.83. The van der Waals surface area contributed by atoms with Gasteiger partial charge in [-0.15, -0.1) is 0 Å². The number of methoxy groups -OCH3 is 1. The topological polar surface area (TPSA) is 75.7 Å². The van der Waals surface area contributed by atoms with Crippen LogP contribution in [0.3, 0.4) is 0 Å². The number of carbonyl (C=O) groups excluding carboxylic acids is 1. The summed E-state index contributed by atoms with van der Waals surface area (Å²) in [5.41, 5.74) is 0.898. The van der Waals surface area contributed by atoms with E-state index in [1.165, 1.54) is 11.4 Å². The van der Waals surface area contributed by atoms with Crippen LogP contribution in [0.5, 0.6) is 5.75 Å². The van der Waals surface area contributed by atoms with Crippen molar-refractivity contribution in [1.29, 1.82) is 0 Å². The molecule has 1 N–H and O–H groups in total. The summed E-state index contributed by atoms with van der Waals surface area (Å²) in [7, 11) is -2.35. The van der Waals surface area contributed by atoms with Crippen molar-refractivity contribution in [2.24, 2.45) is 0 Å². The van der Waals surface area contributed by atoms with Gasteiger partial charge < -0.3 is 10.1 Å². The molecule has 146 valence electrons. The maximum absolute atomic E-state index is 14.2. The molecular formula is C19H23FN2O4S. The number of ether oxygens (including phenoxy) is 1. The van der Waals surface area contributed by atoms with E-state index >= 15 is 0 Å². The number of nitrogens with zero attached hydrogens (tertiary/aromatic N) is 1. The van der Waals surface area contributed by atoms with Crippen LogP contribution >= 0.6 is 0 Å². The molecule has 2 aromatic carbocycles. The van der Waals surface area contributed by atoms with E-state index in [2.05, 4.69) is 5.32 Å². The molecule has 0 radical (unpaired) electrons. The SMILES string of the molecule is CCN(CC)S(=O)(=O)c1ccc(F)c(C(=O)Nc2cc(C)ccc2OC)c1. The van der Waals surface area contributed by atoms with Gasteiger partial charge in [-0.2, -0.15) is 4.31 Å². The van der Waals surface area contributed by atoms with E-state index in [1.54, 1.807) is 26.0 Å². The Morgan fingerprint density at radius 2 is 1.81 bits per heavy atom. The Bertz CT molecular complexity index is 941. The van der Waals surface area contributed by atoms with Crippen molar-refractivity contribution in [3.8, 4) is 5.75 Å². The highest BCUT2D eigenvalue weighted by Gasteiger charge is 2.24. The lowest BCUT2D eigenvalue weighted by Crippen LogP contribution is -2.31. The van der Waals surface area contributed by atoms with Gasteiger partial charge in [-0.25, -0.2) is 12.8 Å². The van der Waals surface area contributed by atoms with Crippen molar-refractivity contribution < 1.29 is 22.3 Å². The Morgan fingerprint density at radius 3 is 2.41 bits per heavy atom. The van der Waals surface area contributed by atoms with E-state index < -0.39 is 21.7 Å². The molecule has 2 aromatic rings. The third kappa shape index (κ3) is 4.45. The van der Waals surface area contributed by atoms with E-state index in [0.29, 0.717) is 11.4 Å². The standard InChI is InChI=1S/C19H23FN2O4S/c1-5-22(6-2)27(24,25)14-8-9-16(20)15(12-14)19(23)21-17-11-13(3)7-10-18(17)26-4/h7-12H,5-6H2,1-4H3,(H,21,23). The van der Waals surface area contributed by atoms with Crippen molar-refractivity contribution in [2.75, 3.05) is 25.5 Å². The fourth-order valence-corrected chi connectivity index (χ4v) is 4.15. The van der Waals surface area contributed by atoms with Crippen LogP contribution in [0.1, 0.15) is 29.8 Å². The van der Waals surface area contributed by atoms with Crippen LogP contribution in [-0.4, -0.2) is 38.8 Å². The number of anilines is 1. The molecule has 0 aliphatic carbocycles. The highest BCUT2D eigenvalue weighted by Crippen LogP contribution is 2.27. The molecule has 8 heteroatoms. The average molecular weight is 394 g/mol. The molecule has 0 aliphatic heterocycles. The maximum atomic E-state index is 14.2. The molecule has 1 amide bonds. The molecule has 0 unspecified atom stereocenters. The first kappa shape index (κ1) is 20.9. The van der Waals surface area contributed by atoms with Gasteiger partial charge in [0, 0.05) is 13.1 Å². The molecule has 0 saturated heterocycles. The molecule has 0 atom stereocenters. The number of sulfonamides is 1. The number of halogens is 1. The van der Waals surface area contributed by atoms with Crippen molar-refractivity contribution in [1.82, 2.24) is 4.31 Å². The molecule has 0 saturated carbocycles. The quantitative estimate of drug-likeness (QED) is 0.781. The van der Waals surface area contributed by atoms with Crippen LogP contribution in [0.15, 0.2) is 41.3 Å². The lowest BCUT2D eigenvalue weighted by Gasteiger charge is -2.19. The molecule has 6 nitrogen and oxygen atoms in total. The monoisotopic (exact) mass is 394 g/mol. The fourth-order valence-electron chi connectivity index (χ4n) is 2.66. The lowest BCUT2D eigenvalue weighted by atomic mass is 10.1. The van der Waals surface area contributed by atoms with Gasteiger partial charge in [-0.1, -0.05) is 19.9 Å². The maximum Gasteiger partial charge on any atom is 0.258 e. The molecule has 2 rings (SSSR count). The number of hydrogen-bond donors (Lipinski definition) is 1. The van der Waals surface area contributed by atoms with Crippen LogP contribution in [0.25, 0.3) is 0 Å². The number of hydrogen-bond acceptors (Lipinski definition) is 4. The minimum Gasteiger partial charge on any atom is -0.495 e. The summed E-state index contributed by atoms with van der Waals surface area (Å²) in [6.45, 7) is 5.81. The van der Waals surface area contributed by atoms with Crippen LogP contribution in [0.4, 0.5) is 10.1 Å². The van der Waals surface area contributed by atoms with E-state index in [-0.39, 0.29) is 23.5 Å². The molecule has 0 heterocycles. The van der Waals surface area contributed by atoms with E-state index in [1.807, 2.05) is 13.0 Å². The third-order valence-corrected chi connectivity index (χ3v) is 6.17. The van der Waals surface area contributed by atoms with Crippen LogP contribution in [0.2, 0.25) is 0 Å². The predicted octanol–water partition coefficient (Wildman–Crippen LogP) is 3.43. The Hall–Kier alpha value is -2.45. The summed E-state index contributed by atoms with van der Waals surface area (Å²) >= 11 is 0. The summed E-state index contributed by atoms with van der Waals surface area (Å²) in [5.74, 6) is -1.15. The number of benzene rings is 2. The van der Waals surface area contributed by atoms with Gasteiger partial charge in [0.15, 0.2) is 0 Å². The van der Waals surface area contributed by atoms with E-state index in [0.717, 1.165) is 23.8 Å². The molecule has 27 heavy (non-hydrogen) atoms. The Morgan fingerprint density at radius 1 is 1.15 bits per heavy atom. The largest absolute Gasteiger partial charge is 0.495 e. The zero-order valence-electron chi connectivity index (χ0n) is 15.7. The van der Waals surface area contributed by atoms with Crippen molar-refractivity contribution in [2.45, 2.75) is 25.7 Å². The van der Waals surface area contributed by atoms with Crippen LogP contribution in [0, 0.1) is 12.7 Å². The van der Waals surface area contributed by atoms with Crippen LogP contribution < -0.4 is 10.1 Å². The minimum atomic E-state index is -3.80. The highest BCUT2D eigenvalue weighted by atomic mass is 32.2. The van der Waals surface area contributed by atoms with Gasteiger partial charge in [0.1, 0.15) is 11.6 Å². The summed E-state index contributed by atoms with van der Waals surface area (Å²) in [6, 6.07) is 8.38. The number of aryl methyl sites for hydroxylation is 1. The summed E-state index contributed by atoms with van der Waals surface area (Å²) in [5, 5.41) is 2.58. The van der Waals surface area contributed by atoms with Gasteiger partial charge in [0.25, 0.3) is 5.91 Å². The summed E-state index contributed by atoms with van der Waals surface area (Å²) < 4.78 is 45.9. The number of carbonyl (C=O) groups is 1. The molecule has 0 aromatic heterocycles. The Labute approximate surface area is 159 Å². The molecule has 0 aliphatic rings. The highest BCUT2D eigenvalue weighted by molar-refractivity contribution is 7.89. The summed E-state index contributed by atoms with van der Waals surface area (Å²) in [4.78, 5) is 12.5. The van der Waals surface area contributed by atoms with Crippen molar-refractivity contribution >= 4 is 21.6 Å². The van der Waals surface area contributed by atoms with Crippen molar-refractivity contribution in [3.05, 3.63) is 53.3 Å². The minimum absolute atomic E-state index is 0.131. The zero-order valence-corrected chi connectivity index (χ0v) is 16.6. The average Bonchev–Trinajstić information content (AvgIpc) is 2.62. The van der Waals surface area contributed by atoms with Gasteiger partial charge in [0.05, 0.1) is 23.3 Å².